The molecule has 3 rings (SSSR count). The number of halogens is 1. The summed E-state index contributed by atoms with van der Waals surface area (Å²) in [5, 5.41) is 2.73. The average Bonchev–Trinajstić information content (AvgIpc) is 2.68. The molecule has 0 radical (unpaired) electrons. The highest BCUT2D eigenvalue weighted by Crippen LogP contribution is 2.24. The predicted octanol–water partition coefficient (Wildman–Crippen LogP) is 4.65. The van der Waals surface area contributed by atoms with Crippen molar-refractivity contribution in [3.05, 3.63) is 95.6 Å². The first kappa shape index (κ1) is 18.3. The van der Waals surface area contributed by atoms with Crippen molar-refractivity contribution in [3.63, 3.8) is 0 Å². The summed E-state index contributed by atoms with van der Waals surface area (Å²) in [6, 6.07) is 15.8. The summed E-state index contributed by atoms with van der Waals surface area (Å²) in [5.41, 5.74) is 2.75. The van der Waals surface area contributed by atoms with Gasteiger partial charge in [0.2, 0.25) is 5.91 Å². The maximum absolute atomic E-state index is 14.2. The van der Waals surface area contributed by atoms with Crippen LogP contribution in [-0.4, -0.2) is 10.9 Å². The molecule has 0 unspecified atom stereocenters. The highest BCUT2D eigenvalue weighted by molar-refractivity contribution is 5.91. The van der Waals surface area contributed by atoms with Crippen molar-refractivity contribution in [1.29, 1.82) is 0 Å². The number of benzene rings is 2. The van der Waals surface area contributed by atoms with Crippen LogP contribution in [0.5, 0.6) is 11.5 Å². The highest BCUT2D eigenvalue weighted by Gasteiger charge is 2.07. The Labute approximate surface area is 157 Å². The fourth-order valence-corrected chi connectivity index (χ4v) is 2.37. The van der Waals surface area contributed by atoms with Gasteiger partial charge in [0.05, 0.1) is 6.20 Å². The van der Waals surface area contributed by atoms with Gasteiger partial charge in [-0.2, -0.15) is 0 Å². The van der Waals surface area contributed by atoms with Crippen LogP contribution in [0.2, 0.25) is 0 Å². The molecule has 1 heterocycles. The molecule has 136 valence electrons. The number of amides is 1. The Morgan fingerprint density at radius 3 is 2.70 bits per heavy atom. The van der Waals surface area contributed by atoms with Gasteiger partial charge in [-0.25, -0.2) is 4.39 Å². The third-order valence-corrected chi connectivity index (χ3v) is 3.83. The van der Waals surface area contributed by atoms with Gasteiger partial charge in [0.25, 0.3) is 0 Å². The molecule has 0 aliphatic rings. The van der Waals surface area contributed by atoms with E-state index < -0.39 is 5.82 Å². The van der Waals surface area contributed by atoms with Gasteiger partial charge in [-0.3, -0.25) is 9.78 Å². The van der Waals surface area contributed by atoms with E-state index in [2.05, 4.69) is 10.3 Å². The third-order valence-electron chi connectivity index (χ3n) is 3.83. The number of carbonyl (C=O) groups is 1. The molecule has 0 atom stereocenters. The van der Waals surface area contributed by atoms with Crippen molar-refractivity contribution < 1.29 is 13.9 Å². The van der Waals surface area contributed by atoms with E-state index in [9.17, 15) is 9.18 Å². The Morgan fingerprint density at radius 2 is 2.00 bits per heavy atom. The average molecular weight is 362 g/mol. The minimum absolute atomic E-state index is 0.109. The number of hydrogen-bond acceptors (Lipinski definition) is 3. The normalized spacial score (nSPS) is 10.7. The summed E-state index contributed by atoms with van der Waals surface area (Å²) in [7, 11) is 0. The van der Waals surface area contributed by atoms with Gasteiger partial charge in [0, 0.05) is 18.8 Å². The first-order valence-electron chi connectivity index (χ1n) is 8.49. The fourth-order valence-electron chi connectivity index (χ4n) is 2.37. The molecule has 2 aromatic carbocycles. The van der Waals surface area contributed by atoms with Crippen molar-refractivity contribution in [2.24, 2.45) is 0 Å². The van der Waals surface area contributed by atoms with Crippen LogP contribution in [0, 0.1) is 12.7 Å². The smallest absolute Gasteiger partial charge is 0.244 e. The number of nitrogens with one attached hydrogen (secondary N) is 1. The second kappa shape index (κ2) is 8.76. The first-order chi connectivity index (χ1) is 13.1. The Balaban J connectivity index is 1.55. The highest BCUT2D eigenvalue weighted by atomic mass is 19.1. The Bertz CT molecular complexity index is 938. The van der Waals surface area contributed by atoms with E-state index in [1.54, 1.807) is 30.5 Å². The number of ether oxygens (including phenoxy) is 1. The lowest BCUT2D eigenvalue weighted by Gasteiger charge is -2.08. The van der Waals surface area contributed by atoms with E-state index in [4.69, 9.17) is 4.74 Å². The molecule has 0 bridgehead atoms. The Morgan fingerprint density at radius 1 is 1.19 bits per heavy atom. The Kier molecular flexibility index (Phi) is 5.94. The molecule has 1 amide bonds. The predicted molar refractivity (Wildman–Crippen MR) is 103 cm³/mol. The molecule has 0 spiro atoms. The zero-order valence-corrected chi connectivity index (χ0v) is 14.9. The monoisotopic (exact) mass is 362 g/mol. The Hall–Kier alpha value is -3.47. The van der Waals surface area contributed by atoms with Crippen molar-refractivity contribution >= 4 is 12.0 Å². The maximum atomic E-state index is 14.2. The van der Waals surface area contributed by atoms with E-state index >= 15 is 0 Å². The number of carbonyl (C=O) groups excluding carboxylic acids is 1. The molecule has 5 heteroatoms. The van der Waals surface area contributed by atoms with Crippen molar-refractivity contribution in [1.82, 2.24) is 10.3 Å². The van der Waals surface area contributed by atoms with Gasteiger partial charge in [-0.1, -0.05) is 35.9 Å². The second-order valence-electron chi connectivity index (χ2n) is 6.02. The van der Waals surface area contributed by atoms with E-state index in [0.717, 1.165) is 11.1 Å². The van der Waals surface area contributed by atoms with Gasteiger partial charge < -0.3 is 10.1 Å². The molecule has 4 nitrogen and oxygen atoms in total. The lowest BCUT2D eigenvalue weighted by atomic mass is 10.1. The summed E-state index contributed by atoms with van der Waals surface area (Å²) < 4.78 is 19.6. The van der Waals surface area contributed by atoms with E-state index in [1.807, 2.05) is 31.2 Å². The van der Waals surface area contributed by atoms with Crippen LogP contribution in [0.4, 0.5) is 4.39 Å². The quantitative estimate of drug-likeness (QED) is 0.650. The van der Waals surface area contributed by atoms with Crippen LogP contribution < -0.4 is 10.1 Å². The van der Waals surface area contributed by atoms with E-state index in [0.29, 0.717) is 11.3 Å². The zero-order valence-electron chi connectivity index (χ0n) is 14.9. The molecule has 27 heavy (non-hydrogen) atoms. The van der Waals surface area contributed by atoms with Crippen LogP contribution in [0.3, 0.4) is 0 Å². The minimum Gasteiger partial charge on any atom is -0.453 e. The van der Waals surface area contributed by atoms with Gasteiger partial charge in [0.15, 0.2) is 11.6 Å². The van der Waals surface area contributed by atoms with Gasteiger partial charge in [0.1, 0.15) is 5.75 Å². The number of pyridine rings is 1. The van der Waals surface area contributed by atoms with E-state index in [1.165, 1.54) is 24.4 Å². The van der Waals surface area contributed by atoms with Crippen molar-refractivity contribution in [2.45, 2.75) is 13.5 Å². The summed E-state index contributed by atoms with van der Waals surface area (Å²) in [5.74, 6) is -0.177. The van der Waals surface area contributed by atoms with Crippen LogP contribution in [0.25, 0.3) is 6.08 Å². The first-order valence-corrected chi connectivity index (χ1v) is 8.49. The summed E-state index contributed by atoms with van der Waals surface area (Å²) in [4.78, 5) is 15.8. The number of aromatic nitrogens is 1. The molecule has 0 aliphatic heterocycles. The molecule has 0 saturated carbocycles. The molecule has 0 aliphatic carbocycles. The lowest BCUT2D eigenvalue weighted by molar-refractivity contribution is -0.116. The minimum atomic E-state index is -0.499. The largest absolute Gasteiger partial charge is 0.453 e. The summed E-state index contributed by atoms with van der Waals surface area (Å²) >= 11 is 0. The van der Waals surface area contributed by atoms with Crippen LogP contribution in [0.1, 0.15) is 16.7 Å². The molecule has 0 fully saturated rings. The number of aryl methyl sites for hydroxylation is 1. The molecule has 3 aromatic rings. The molecule has 1 aromatic heterocycles. The summed E-state index contributed by atoms with van der Waals surface area (Å²) in [6.07, 6.45) is 6.32. The third kappa shape index (κ3) is 5.51. The lowest BCUT2D eigenvalue weighted by Crippen LogP contribution is -2.20. The number of rotatable bonds is 6. The topological polar surface area (TPSA) is 51.2 Å². The fraction of sp³-hybridized carbons (Fsp3) is 0.0909. The molecule has 0 saturated heterocycles. The number of hydrogen-bond donors (Lipinski definition) is 1. The van der Waals surface area contributed by atoms with Crippen LogP contribution >= 0.6 is 0 Å². The van der Waals surface area contributed by atoms with Gasteiger partial charge in [-0.05, 0) is 48.4 Å². The van der Waals surface area contributed by atoms with Crippen molar-refractivity contribution in [3.8, 4) is 11.5 Å². The maximum Gasteiger partial charge on any atom is 0.244 e. The molecular formula is C22H19FN2O2. The standard InChI is InChI=1S/C22H19FN2O2/c1-16-4-6-17(7-5-16)9-11-22(26)25-14-18-8-10-21(20(23)13-18)27-19-3-2-12-24-15-19/h2-13,15H,14H2,1H3,(H,25,26)/b11-9+. The molecular weight excluding hydrogens is 343 g/mol. The summed E-state index contributed by atoms with van der Waals surface area (Å²) in [6.45, 7) is 2.23. The van der Waals surface area contributed by atoms with Crippen molar-refractivity contribution in [2.75, 3.05) is 0 Å². The molecule has 1 N–H and O–H groups in total. The zero-order chi connectivity index (χ0) is 19.1. The number of nitrogens with zero attached hydrogens (tertiary/aromatic N) is 1. The van der Waals surface area contributed by atoms with Crippen LogP contribution in [0.15, 0.2) is 73.1 Å². The second-order valence-corrected chi connectivity index (χ2v) is 6.02. The van der Waals surface area contributed by atoms with Crippen LogP contribution in [-0.2, 0) is 11.3 Å². The van der Waals surface area contributed by atoms with E-state index in [-0.39, 0.29) is 18.2 Å². The van der Waals surface area contributed by atoms with Gasteiger partial charge in [-0.15, -0.1) is 0 Å². The van der Waals surface area contributed by atoms with Gasteiger partial charge >= 0.3 is 0 Å². The SMILES string of the molecule is Cc1ccc(/C=C/C(=O)NCc2ccc(Oc3cccnc3)c(F)c2)cc1.